The van der Waals surface area contributed by atoms with Crippen LogP contribution in [0.3, 0.4) is 0 Å². The van der Waals surface area contributed by atoms with Crippen molar-refractivity contribution < 1.29 is 28.7 Å². The van der Waals surface area contributed by atoms with Gasteiger partial charge in [-0.2, -0.15) is 9.59 Å². The van der Waals surface area contributed by atoms with Crippen molar-refractivity contribution in [1.82, 2.24) is 0 Å². The molecule has 1 aromatic carbocycles. The minimum Gasteiger partial charge on any atom is -0.495 e. The fourth-order valence-corrected chi connectivity index (χ4v) is 3.10. The summed E-state index contributed by atoms with van der Waals surface area (Å²) in [5.41, 5.74) is 2.70. The molecule has 0 fully saturated rings. The molecule has 8 nitrogen and oxygen atoms in total. The Morgan fingerprint density at radius 3 is 2.44 bits per heavy atom. The zero-order valence-electron chi connectivity index (χ0n) is 15.4. The topological polar surface area (TPSA) is 111 Å². The van der Waals surface area contributed by atoms with Crippen molar-refractivity contribution in [3.63, 3.8) is 0 Å². The fourth-order valence-electron chi connectivity index (χ4n) is 2.17. The van der Waals surface area contributed by atoms with E-state index in [1.165, 1.54) is 18.4 Å². The Kier molecular flexibility index (Phi) is 8.71. The van der Waals surface area contributed by atoms with Gasteiger partial charge in [-0.1, -0.05) is 6.07 Å². The third-order valence-corrected chi connectivity index (χ3v) is 4.30. The number of hydrogen-bond donors (Lipinski definition) is 2. The molecule has 2 amide bonds. The number of nitrogens with one attached hydrogen (secondary N) is 2. The van der Waals surface area contributed by atoms with Gasteiger partial charge in [-0.25, -0.2) is 9.59 Å². The van der Waals surface area contributed by atoms with Crippen molar-refractivity contribution in [2.24, 2.45) is 0 Å². The maximum absolute atomic E-state index is 12.3. The van der Waals surface area contributed by atoms with Crippen LogP contribution in [0.5, 0.6) is 5.75 Å². The summed E-state index contributed by atoms with van der Waals surface area (Å²) in [7, 11) is 1.54. The number of benzene rings is 1. The van der Waals surface area contributed by atoms with Gasteiger partial charge in [-0.3, -0.25) is 5.32 Å². The molecule has 0 atom stereocenters. The van der Waals surface area contributed by atoms with Crippen molar-refractivity contribution >= 4 is 40.2 Å². The van der Waals surface area contributed by atoms with Crippen molar-refractivity contribution in [2.75, 3.05) is 24.4 Å². The Morgan fingerprint density at radius 2 is 1.85 bits per heavy atom. The number of aryl methyl sites for hydroxylation is 2. The van der Waals surface area contributed by atoms with Gasteiger partial charge in [0.15, 0.2) is 0 Å². The van der Waals surface area contributed by atoms with Crippen LogP contribution < -0.4 is 15.4 Å². The second-order valence-electron chi connectivity index (χ2n) is 5.21. The lowest BCUT2D eigenvalue weighted by molar-refractivity contribution is -0.191. The number of carbonyl (C=O) groups is 2. The summed E-state index contributed by atoms with van der Waals surface area (Å²) in [4.78, 5) is 40.6. The number of rotatable bonds is 5. The predicted octanol–water partition coefficient (Wildman–Crippen LogP) is 3.61. The summed E-state index contributed by atoms with van der Waals surface area (Å²) in [6.07, 6.45) is 0.250. The van der Waals surface area contributed by atoms with E-state index in [1.807, 2.05) is 19.1 Å². The highest BCUT2D eigenvalue weighted by Gasteiger charge is 2.20. The Hall–Kier alpha value is -3.16. The van der Waals surface area contributed by atoms with Crippen LogP contribution in [0, 0.1) is 13.8 Å². The number of thiophene rings is 1. The lowest BCUT2D eigenvalue weighted by Crippen LogP contribution is -2.21. The quantitative estimate of drug-likeness (QED) is 0.752. The molecule has 144 valence electrons. The SMILES string of the molecule is CCOC(=O)c1c(C)csc1NC(=O)Nc1cc(C)ccc1OC.O=C=O. The number of amides is 2. The Morgan fingerprint density at radius 1 is 1.19 bits per heavy atom. The molecule has 1 aromatic heterocycles. The summed E-state index contributed by atoms with van der Waals surface area (Å²) >= 11 is 1.28. The Labute approximate surface area is 160 Å². The lowest BCUT2D eigenvalue weighted by Gasteiger charge is -2.12. The van der Waals surface area contributed by atoms with Crippen LogP contribution >= 0.6 is 11.3 Å². The molecule has 0 spiro atoms. The van der Waals surface area contributed by atoms with E-state index in [1.54, 1.807) is 25.3 Å². The van der Waals surface area contributed by atoms with E-state index in [4.69, 9.17) is 19.1 Å². The fraction of sp³-hybridized carbons (Fsp3) is 0.278. The van der Waals surface area contributed by atoms with E-state index < -0.39 is 12.0 Å². The smallest absolute Gasteiger partial charge is 0.373 e. The minimum atomic E-state index is -0.453. The maximum atomic E-state index is 12.3. The molecule has 27 heavy (non-hydrogen) atoms. The summed E-state index contributed by atoms with van der Waals surface area (Å²) in [6, 6.07) is 5.03. The van der Waals surface area contributed by atoms with Crippen LogP contribution in [-0.4, -0.2) is 31.9 Å². The van der Waals surface area contributed by atoms with Crippen LogP contribution in [-0.2, 0) is 14.3 Å². The molecule has 2 N–H and O–H groups in total. The molecule has 0 bridgehead atoms. The van der Waals surface area contributed by atoms with Gasteiger partial charge >= 0.3 is 18.2 Å². The molecule has 0 aliphatic heterocycles. The summed E-state index contributed by atoms with van der Waals surface area (Å²) in [5, 5.41) is 7.69. The van der Waals surface area contributed by atoms with Gasteiger partial charge in [-0.15, -0.1) is 11.3 Å². The number of methoxy groups -OCH3 is 1. The Balaban J connectivity index is 0.00000114. The van der Waals surface area contributed by atoms with Crippen molar-refractivity contribution in [3.8, 4) is 5.75 Å². The highest BCUT2D eigenvalue weighted by Crippen LogP contribution is 2.29. The first-order valence-electron chi connectivity index (χ1n) is 7.85. The normalized spacial score (nSPS) is 9.33. The molecule has 1 heterocycles. The average Bonchev–Trinajstić information content (AvgIpc) is 2.96. The van der Waals surface area contributed by atoms with Gasteiger partial charge in [0.25, 0.3) is 0 Å². The third-order valence-electron chi connectivity index (χ3n) is 3.28. The van der Waals surface area contributed by atoms with E-state index in [9.17, 15) is 9.59 Å². The summed E-state index contributed by atoms with van der Waals surface area (Å²) in [6.45, 7) is 5.74. The van der Waals surface area contributed by atoms with Crippen LogP contribution in [0.25, 0.3) is 0 Å². The average molecular weight is 392 g/mol. The van der Waals surface area contributed by atoms with Gasteiger partial charge in [0.05, 0.1) is 25.0 Å². The molecule has 0 saturated heterocycles. The highest BCUT2D eigenvalue weighted by atomic mass is 32.1. The molecule has 9 heteroatoms. The van der Waals surface area contributed by atoms with Crippen LogP contribution in [0.15, 0.2) is 23.6 Å². The second-order valence-corrected chi connectivity index (χ2v) is 6.09. The van der Waals surface area contributed by atoms with Crippen molar-refractivity contribution in [2.45, 2.75) is 20.8 Å². The van der Waals surface area contributed by atoms with Crippen molar-refractivity contribution in [1.29, 1.82) is 0 Å². The first kappa shape index (κ1) is 21.9. The number of esters is 1. The van der Waals surface area contributed by atoms with E-state index in [0.29, 0.717) is 22.0 Å². The summed E-state index contributed by atoms with van der Waals surface area (Å²) in [5.74, 6) is 0.114. The molecule has 2 rings (SSSR count). The predicted molar refractivity (Wildman–Crippen MR) is 100 cm³/mol. The van der Waals surface area contributed by atoms with Crippen molar-refractivity contribution in [3.05, 3.63) is 40.3 Å². The molecule has 0 aliphatic carbocycles. The monoisotopic (exact) mass is 392 g/mol. The lowest BCUT2D eigenvalue weighted by atomic mass is 10.2. The molecule has 0 saturated carbocycles. The highest BCUT2D eigenvalue weighted by molar-refractivity contribution is 7.15. The van der Waals surface area contributed by atoms with Gasteiger partial charge in [0.2, 0.25) is 0 Å². The Bertz CT molecular complexity index is 840. The first-order chi connectivity index (χ1) is 12.9. The zero-order valence-corrected chi connectivity index (χ0v) is 16.2. The number of hydrogen-bond acceptors (Lipinski definition) is 7. The number of anilines is 2. The molecular weight excluding hydrogens is 372 g/mol. The summed E-state index contributed by atoms with van der Waals surface area (Å²) < 4.78 is 10.3. The second kappa shape index (κ2) is 10.7. The maximum Gasteiger partial charge on any atom is 0.373 e. The third kappa shape index (κ3) is 6.25. The number of ether oxygens (including phenoxy) is 2. The van der Waals surface area contributed by atoms with Gasteiger partial charge in [0, 0.05) is 0 Å². The van der Waals surface area contributed by atoms with E-state index in [2.05, 4.69) is 10.6 Å². The van der Waals surface area contributed by atoms with E-state index in [-0.39, 0.29) is 12.8 Å². The zero-order chi connectivity index (χ0) is 20.4. The molecule has 0 radical (unpaired) electrons. The van der Waals surface area contributed by atoms with E-state index in [0.717, 1.165) is 11.1 Å². The largest absolute Gasteiger partial charge is 0.495 e. The number of urea groups is 1. The molecule has 2 aromatic rings. The molecule has 0 unspecified atom stereocenters. The molecular formula is C18H20N2O6S. The van der Waals surface area contributed by atoms with Gasteiger partial charge in [-0.05, 0) is 49.4 Å². The van der Waals surface area contributed by atoms with Gasteiger partial charge in [0.1, 0.15) is 10.8 Å². The number of carbonyl (C=O) groups excluding carboxylic acids is 4. The molecule has 0 aliphatic rings. The van der Waals surface area contributed by atoms with Crippen LogP contribution in [0.4, 0.5) is 15.5 Å². The van der Waals surface area contributed by atoms with Crippen LogP contribution in [0.1, 0.15) is 28.4 Å². The first-order valence-corrected chi connectivity index (χ1v) is 8.72. The minimum absolute atomic E-state index is 0.250. The van der Waals surface area contributed by atoms with Gasteiger partial charge < -0.3 is 14.8 Å². The standard InChI is InChI=1S/C17H20N2O4S.CO2/c1-5-23-16(20)14-11(3)9-24-15(14)19-17(21)18-12-8-10(2)6-7-13(12)22-4;2-1-3/h6-9H,5H2,1-4H3,(H2,18,19,21);. The van der Waals surface area contributed by atoms with E-state index >= 15 is 0 Å². The van der Waals surface area contributed by atoms with Crippen LogP contribution in [0.2, 0.25) is 0 Å².